The van der Waals surface area contributed by atoms with Gasteiger partial charge in [0.05, 0.1) is 16.8 Å². The molecule has 1 saturated heterocycles. The summed E-state index contributed by atoms with van der Waals surface area (Å²) in [7, 11) is 0. The highest BCUT2D eigenvalue weighted by molar-refractivity contribution is 7.09. The molecular weight excluding hydrogens is 262 g/mol. The van der Waals surface area contributed by atoms with Crippen molar-refractivity contribution in [3.8, 4) is 6.07 Å². The molecule has 1 N–H and O–H groups in total. The van der Waals surface area contributed by atoms with Crippen molar-refractivity contribution in [2.75, 3.05) is 13.2 Å². The lowest BCUT2D eigenvalue weighted by atomic mass is 10.2. The Kier molecular flexibility index (Phi) is 4.66. The summed E-state index contributed by atoms with van der Waals surface area (Å²) in [4.78, 5) is 16.1. The van der Waals surface area contributed by atoms with E-state index in [2.05, 4.69) is 10.3 Å². The maximum Gasteiger partial charge on any atom is 0.262 e. The molecule has 2 heterocycles. The number of carbonyl (C=O) groups is 1. The van der Waals surface area contributed by atoms with Crippen LogP contribution in [-0.2, 0) is 9.53 Å². The molecule has 0 unspecified atom stereocenters. The Bertz CT molecular complexity index is 524. The second-order valence-electron chi connectivity index (χ2n) is 4.31. The zero-order valence-corrected chi connectivity index (χ0v) is 11.5. The van der Waals surface area contributed by atoms with Crippen molar-refractivity contribution in [3.05, 3.63) is 21.7 Å². The van der Waals surface area contributed by atoms with Gasteiger partial charge in [-0.2, -0.15) is 5.26 Å². The third-order valence-electron chi connectivity index (χ3n) is 2.81. The molecule has 1 amide bonds. The second kappa shape index (κ2) is 6.45. The van der Waals surface area contributed by atoms with Crippen LogP contribution in [0, 0.1) is 18.3 Å². The molecule has 5 nitrogen and oxygen atoms in total. The SMILES string of the molecule is Cc1nc(/C=C(\C#N)C(=O)NC[C@@H]2CCCO2)cs1. The summed E-state index contributed by atoms with van der Waals surface area (Å²) >= 11 is 1.49. The first-order valence-electron chi connectivity index (χ1n) is 6.13. The van der Waals surface area contributed by atoms with Gasteiger partial charge in [-0.1, -0.05) is 0 Å². The number of aromatic nitrogens is 1. The van der Waals surface area contributed by atoms with Gasteiger partial charge in [-0.15, -0.1) is 11.3 Å². The fourth-order valence-corrected chi connectivity index (χ4v) is 2.42. The van der Waals surface area contributed by atoms with E-state index in [1.807, 2.05) is 18.4 Å². The quantitative estimate of drug-likeness (QED) is 0.671. The minimum Gasteiger partial charge on any atom is -0.376 e. The monoisotopic (exact) mass is 277 g/mol. The van der Waals surface area contributed by atoms with E-state index < -0.39 is 0 Å². The zero-order valence-electron chi connectivity index (χ0n) is 10.7. The highest BCUT2D eigenvalue weighted by Gasteiger charge is 2.17. The molecule has 19 heavy (non-hydrogen) atoms. The van der Waals surface area contributed by atoms with Crippen LogP contribution in [0.15, 0.2) is 11.0 Å². The molecule has 1 aromatic heterocycles. The van der Waals surface area contributed by atoms with E-state index in [1.54, 1.807) is 0 Å². The molecule has 0 bridgehead atoms. The highest BCUT2D eigenvalue weighted by atomic mass is 32.1. The summed E-state index contributed by atoms with van der Waals surface area (Å²) in [5.74, 6) is -0.372. The molecule has 2 rings (SSSR count). The average Bonchev–Trinajstić information content (AvgIpc) is 3.04. The molecular formula is C13H15N3O2S. The predicted molar refractivity (Wildman–Crippen MR) is 72.4 cm³/mol. The van der Waals surface area contributed by atoms with Gasteiger partial charge in [-0.05, 0) is 25.8 Å². The molecule has 1 fully saturated rings. The molecule has 0 spiro atoms. The number of aryl methyl sites for hydroxylation is 1. The van der Waals surface area contributed by atoms with Gasteiger partial charge in [-0.3, -0.25) is 4.79 Å². The number of carbonyl (C=O) groups excluding carboxylic acids is 1. The first-order valence-corrected chi connectivity index (χ1v) is 7.00. The Morgan fingerprint density at radius 3 is 3.21 bits per heavy atom. The van der Waals surface area contributed by atoms with Gasteiger partial charge in [0, 0.05) is 18.5 Å². The Balaban J connectivity index is 1.95. The number of hydrogen-bond acceptors (Lipinski definition) is 5. The van der Waals surface area contributed by atoms with Crippen LogP contribution in [0.3, 0.4) is 0 Å². The Morgan fingerprint density at radius 2 is 2.63 bits per heavy atom. The first-order chi connectivity index (χ1) is 9.19. The van der Waals surface area contributed by atoms with Crippen LogP contribution in [-0.4, -0.2) is 30.1 Å². The topological polar surface area (TPSA) is 75.0 Å². The Labute approximate surface area is 115 Å². The van der Waals surface area contributed by atoms with Crippen molar-refractivity contribution in [2.24, 2.45) is 0 Å². The lowest BCUT2D eigenvalue weighted by Gasteiger charge is -2.09. The molecule has 6 heteroatoms. The Hall–Kier alpha value is -1.71. The van der Waals surface area contributed by atoms with Crippen LogP contribution in [0.25, 0.3) is 6.08 Å². The minimum absolute atomic E-state index is 0.0725. The van der Waals surface area contributed by atoms with Crippen LogP contribution in [0.1, 0.15) is 23.5 Å². The fraction of sp³-hybridized carbons (Fsp3) is 0.462. The number of rotatable bonds is 4. The van der Waals surface area contributed by atoms with Crippen molar-refractivity contribution >= 4 is 23.3 Å². The maximum atomic E-state index is 11.9. The molecule has 0 radical (unpaired) electrons. The lowest BCUT2D eigenvalue weighted by Crippen LogP contribution is -2.32. The van der Waals surface area contributed by atoms with Gasteiger partial charge in [0.2, 0.25) is 0 Å². The van der Waals surface area contributed by atoms with Crippen LogP contribution in [0.5, 0.6) is 0 Å². The van der Waals surface area contributed by atoms with Gasteiger partial charge in [0.1, 0.15) is 11.6 Å². The normalized spacial score (nSPS) is 19.2. The maximum absolute atomic E-state index is 11.9. The van der Waals surface area contributed by atoms with E-state index >= 15 is 0 Å². The number of ether oxygens (including phenoxy) is 1. The number of nitrogens with zero attached hydrogens (tertiary/aromatic N) is 2. The van der Waals surface area contributed by atoms with Crippen molar-refractivity contribution in [2.45, 2.75) is 25.9 Å². The molecule has 1 aliphatic rings. The standard InChI is InChI=1S/C13H15N3O2S/c1-9-16-11(8-19-9)5-10(6-14)13(17)15-7-12-3-2-4-18-12/h5,8,12H,2-4,7H2,1H3,(H,15,17)/b10-5+/t12-/m0/s1. The van der Waals surface area contributed by atoms with Crippen molar-refractivity contribution in [1.82, 2.24) is 10.3 Å². The van der Waals surface area contributed by atoms with Crippen LogP contribution < -0.4 is 5.32 Å². The van der Waals surface area contributed by atoms with Gasteiger partial charge in [0.15, 0.2) is 0 Å². The summed E-state index contributed by atoms with van der Waals surface area (Å²) in [5, 5.41) is 14.5. The largest absolute Gasteiger partial charge is 0.376 e. The lowest BCUT2D eigenvalue weighted by molar-refractivity contribution is -0.117. The van der Waals surface area contributed by atoms with Crippen molar-refractivity contribution in [1.29, 1.82) is 5.26 Å². The summed E-state index contributed by atoms with van der Waals surface area (Å²) in [5.41, 5.74) is 0.717. The summed E-state index contributed by atoms with van der Waals surface area (Å²) in [6, 6.07) is 1.91. The number of nitrogens with one attached hydrogen (secondary N) is 1. The molecule has 100 valence electrons. The van der Waals surface area contributed by atoms with Crippen LogP contribution in [0.2, 0.25) is 0 Å². The third kappa shape index (κ3) is 3.88. The van der Waals surface area contributed by atoms with E-state index in [1.165, 1.54) is 17.4 Å². The molecule has 0 aliphatic carbocycles. The Morgan fingerprint density at radius 1 is 1.79 bits per heavy atom. The minimum atomic E-state index is -0.372. The number of nitriles is 1. The number of thiazole rings is 1. The van der Waals surface area contributed by atoms with Crippen molar-refractivity contribution < 1.29 is 9.53 Å². The smallest absolute Gasteiger partial charge is 0.262 e. The number of hydrogen-bond donors (Lipinski definition) is 1. The fourth-order valence-electron chi connectivity index (χ4n) is 1.85. The van der Waals surface area contributed by atoms with Crippen LogP contribution in [0.4, 0.5) is 0 Å². The van der Waals surface area contributed by atoms with Crippen LogP contribution >= 0.6 is 11.3 Å². The highest BCUT2D eigenvalue weighted by Crippen LogP contribution is 2.13. The molecule has 1 aromatic rings. The molecule has 0 saturated carbocycles. The van der Waals surface area contributed by atoms with E-state index in [-0.39, 0.29) is 17.6 Å². The predicted octanol–water partition coefficient (Wildman–Crippen LogP) is 1.65. The van der Waals surface area contributed by atoms with Gasteiger partial charge in [-0.25, -0.2) is 4.98 Å². The van der Waals surface area contributed by atoms with Crippen molar-refractivity contribution in [3.63, 3.8) is 0 Å². The van der Waals surface area contributed by atoms with Gasteiger partial charge in [0.25, 0.3) is 5.91 Å². The molecule has 0 aromatic carbocycles. The van der Waals surface area contributed by atoms with Gasteiger partial charge < -0.3 is 10.1 Å². The second-order valence-corrected chi connectivity index (χ2v) is 5.37. The third-order valence-corrected chi connectivity index (χ3v) is 3.60. The first kappa shape index (κ1) is 13.7. The van der Waals surface area contributed by atoms with Gasteiger partial charge >= 0.3 is 0 Å². The summed E-state index contributed by atoms with van der Waals surface area (Å²) in [6.45, 7) is 3.08. The van der Waals surface area contributed by atoms with E-state index in [9.17, 15) is 4.79 Å². The van der Waals surface area contributed by atoms with E-state index in [4.69, 9.17) is 10.00 Å². The average molecular weight is 277 g/mol. The zero-order chi connectivity index (χ0) is 13.7. The molecule has 1 aliphatic heterocycles. The number of amides is 1. The van der Waals surface area contributed by atoms with E-state index in [0.29, 0.717) is 12.2 Å². The molecule has 1 atom stereocenters. The van der Waals surface area contributed by atoms with E-state index in [0.717, 1.165) is 24.5 Å². The summed E-state index contributed by atoms with van der Waals surface area (Å²) < 4.78 is 5.41. The summed E-state index contributed by atoms with van der Waals surface area (Å²) in [6.07, 6.45) is 3.57.